The number of nitriles is 1. The number of amides is 1. The minimum Gasteiger partial charge on any atom is -0.481 e. The van der Waals surface area contributed by atoms with Crippen LogP contribution < -0.4 is 5.32 Å². The van der Waals surface area contributed by atoms with Crippen molar-refractivity contribution in [1.82, 2.24) is 10.3 Å². The highest BCUT2D eigenvalue weighted by atomic mass is 16.5. The van der Waals surface area contributed by atoms with E-state index in [0.29, 0.717) is 5.56 Å². The summed E-state index contributed by atoms with van der Waals surface area (Å²) in [4.78, 5) is 26.6. The van der Waals surface area contributed by atoms with Gasteiger partial charge < -0.3 is 15.2 Å². The lowest BCUT2D eigenvalue weighted by Gasteiger charge is -2.15. The Bertz CT molecular complexity index is 535. The predicted octanol–water partition coefficient (Wildman–Crippen LogP) is -0.217. The smallest absolute Gasteiger partial charge is 0.311 e. The number of carbonyl (C=O) groups is 2. The van der Waals surface area contributed by atoms with Crippen molar-refractivity contribution < 1.29 is 19.4 Å². The molecule has 19 heavy (non-hydrogen) atoms. The number of carbonyl (C=O) groups excluding carboxylic acids is 1. The summed E-state index contributed by atoms with van der Waals surface area (Å²) in [7, 11) is 0. The fourth-order valence-corrected chi connectivity index (χ4v) is 1.78. The zero-order chi connectivity index (χ0) is 13.8. The SMILES string of the molecule is N#Cc1ccc(C(=O)NC2COCC2C(=O)O)nc1. The molecule has 2 N–H and O–H groups in total. The van der Waals surface area contributed by atoms with Crippen molar-refractivity contribution in [2.75, 3.05) is 13.2 Å². The molecule has 1 aromatic rings. The Kier molecular flexibility index (Phi) is 3.73. The van der Waals surface area contributed by atoms with E-state index < -0.39 is 23.8 Å². The van der Waals surface area contributed by atoms with Crippen LogP contribution >= 0.6 is 0 Å². The van der Waals surface area contributed by atoms with Crippen LogP contribution in [0.25, 0.3) is 0 Å². The zero-order valence-corrected chi connectivity index (χ0v) is 9.87. The van der Waals surface area contributed by atoms with Crippen LogP contribution in [0.4, 0.5) is 0 Å². The molecule has 0 aromatic carbocycles. The van der Waals surface area contributed by atoms with Crippen LogP contribution in [-0.4, -0.2) is 41.2 Å². The average Bonchev–Trinajstić information content (AvgIpc) is 2.87. The van der Waals surface area contributed by atoms with E-state index in [-0.39, 0.29) is 18.9 Å². The van der Waals surface area contributed by atoms with E-state index in [2.05, 4.69) is 10.3 Å². The number of hydrogen-bond donors (Lipinski definition) is 2. The first-order valence-corrected chi connectivity index (χ1v) is 5.59. The van der Waals surface area contributed by atoms with E-state index in [9.17, 15) is 9.59 Å². The van der Waals surface area contributed by atoms with Gasteiger partial charge in [-0.25, -0.2) is 4.98 Å². The molecule has 0 bridgehead atoms. The molecule has 1 amide bonds. The van der Waals surface area contributed by atoms with Gasteiger partial charge >= 0.3 is 5.97 Å². The molecule has 0 radical (unpaired) electrons. The third kappa shape index (κ3) is 2.86. The van der Waals surface area contributed by atoms with Crippen LogP contribution in [0.1, 0.15) is 16.1 Å². The van der Waals surface area contributed by atoms with Crippen LogP contribution in [-0.2, 0) is 9.53 Å². The Morgan fingerprint density at radius 3 is 2.84 bits per heavy atom. The Morgan fingerprint density at radius 2 is 2.26 bits per heavy atom. The van der Waals surface area contributed by atoms with Crippen LogP contribution in [0.2, 0.25) is 0 Å². The molecule has 7 heteroatoms. The van der Waals surface area contributed by atoms with Gasteiger partial charge in [0.15, 0.2) is 0 Å². The zero-order valence-electron chi connectivity index (χ0n) is 9.87. The van der Waals surface area contributed by atoms with Crippen molar-refractivity contribution in [3.8, 4) is 6.07 Å². The summed E-state index contributed by atoms with van der Waals surface area (Å²) < 4.78 is 5.05. The normalized spacial score (nSPS) is 21.6. The number of aromatic nitrogens is 1. The Balaban J connectivity index is 2.04. The lowest BCUT2D eigenvalue weighted by molar-refractivity contribution is -0.142. The van der Waals surface area contributed by atoms with Crippen molar-refractivity contribution in [2.24, 2.45) is 5.92 Å². The number of aliphatic carboxylic acids is 1. The number of hydrogen-bond acceptors (Lipinski definition) is 5. The number of carboxylic acids is 1. The van der Waals surface area contributed by atoms with E-state index in [0.717, 1.165) is 0 Å². The van der Waals surface area contributed by atoms with E-state index in [1.54, 1.807) is 0 Å². The molecule has 1 aromatic heterocycles. The standard InChI is InChI=1S/C12H11N3O4/c13-3-7-1-2-9(14-4-7)11(16)15-10-6-19-5-8(10)12(17)18/h1-2,4,8,10H,5-6H2,(H,15,16)(H,17,18). The third-order valence-electron chi connectivity index (χ3n) is 2.84. The highest BCUT2D eigenvalue weighted by molar-refractivity contribution is 5.92. The molecule has 1 fully saturated rings. The monoisotopic (exact) mass is 261 g/mol. The molecule has 1 aliphatic rings. The van der Waals surface area contributed by atoms with E-state index in [1.165, 1.54) is 18.3 Å². The number of pyridine rings is 1. The van der Waals surface area contributed by atoms with Crippen molar-refractivity contribution in [3.63, 3.8) is 0 Å². The summed E-state index contributed by atoms with van der Waals surface area (Å²) in [6.45, 7) is 0.250. The Morgan fingerprint density at radius 1 is 1.47 bits per heavy atom. The molecule has 7 nitrogen and oxygen atoms in total. The van der Waals surface area contributed by atoms with Gasteiger partial charge in [0.05, 0.1) is 24.8 Å². The van der Waals surface area contributed by atoms with Gasteiger partial charge in [-0.1, -0.05) is 0 Å². The van der Waals surface area contributed by atoms with Crippen LogP contribution in [0.3, 0.4) is 0 Å². The summed E-state index contributed by atoms with van der Waals surface area (Å²) >= 11 is 0. The van der Waals surface area contributed by atoms with E-state index in [1.807, 2.05) is 6.07 Å². The molecule has 2 unspecified atom stereocenters. The minimum atomic E-state index is -1.00. The molecule has 2 heterocycles. The van der Waals surface area contributed by atoms with Crippen molar-refractivity contribution >= 4 is 11.9 Å². The molecule has 2 rings (SSSR count). The second-order valence-corrected chi connectivity index (χ2v) is 4.11. The maximum Gasteiger partial charge on any atom is 0.311 e. The van der Waals surface area contributed by atoms with Gasteiger partial charge in [-0.15, -0.1) is 0 Å². The predicted molar refractivity (Wildman–Crippen MR) is 62.2 cm³/mol. The van der Waals surface area contributed by atoms with Gasteiger partial charge in [0.1, 0.15) is 17.7 Å². The summed E-state index contributed by atoms with van der Waals surface area (Å²) in [5.41, 5.74) is 0.485. The molecular weight excluding hydrogens is 250 g/mol. The highest BCUT2D eigenvalue weighted by Gasteiger charge is 2.35. The average molecular weight is 261 g/mol. The van der Waals surface area contributed by atoms with Gasteiger partial charge in [0.2, 0.25) is 0 Å². The number of carboxylic acid groups (broad SMARTS) is 1. The van der Waals surface area contributed by atoms with Crippen LogP contribution in [0, 0.1) is 17.2 Å². The number of nitrogens with one attached hydrogen (secondary N) is 1. The number of rotatable bonds is 3. The molecule has 0 spiro atoms. The fraction of sp³-hybridized carbons (Fsp3) is 0.333. The van der Waals surface area contributed by atoms with Gasteiger partial charge in [-0.3, -0.25) is 9.59 Å². The van der Waals surface area contributed by atoms with Crippen LogP contribution in [0.15, 0.2) is 18.3 Å². The van der Waals surface area contributed by atoms with Gasteiger partial charge in [0.25, 0.3) is 5.91 Å². The van der Waals surface area contributed by atoms with Gasteiger partial charge in [-0.05, 0) is 12.1 Å². The fourth-order valence-electron chi connectivity index (χ4n) is 1.78. The first-order chi connectivity index (χ1) is 9.11. The first kappa shape index (κ1) is 13.0. The molecule has 98 valence electrons. The second-order valence-electron chi connectivity index (χ2n) is 4.11. The lowest BCUT2D eigenvalue weighted by Crippen LogP contribution is -2.42. The molecule has 0 saturated carbocycles. The largest absolute Gasteiger partial charge is 0.481 e. The van der Waals surface area contributed by atoms with Gasteiger partial charge in [-0.2, -0.15) is 5.26 Å². The topological polar surface area (TPSA) is 112 Å². The summed E-state index contributed by atoms with van der Waals surface area (Å²) in [6.07, 6.45) is 1.29. The third-order valence-corrected chi connectivity index (χ3v) is 2.84. The summed E-state index contributed by atoms with van der Waals surface area (Å²) in [5, 5.41) is 20.1. The van der Waals surface area contributed by atoms with Crippen molar-refractivity contribution in [2.45, 2.75) is 6.04 Å². The van der Waals surface area contributed by atoms with Crippen molar-refractivity contribution in [1.29, 1.82) is 5.26 Å². The number of nitrogens with zero attached hydrogens (tertiary/aromatic N) is 2. The maximum absolute atomic E-state index is 11.9. The Hall–Kier alpha value is -2.46. The lowest BCUT2D eigenvalue weighted by atomic mass is 10.0. The quantitative estimate of drug-likeness (QED) is 0.778. The minimum absolute atomic E-state index is 0.0844. The van der Waals surface area contributed by atoms with E-state index in [4.69, 9.17) is 15.1 Å². The van der Waals surface area contributed by atoms with E-state index >= 15 is 0 Å². The summed E-state index contributed by atoms with van der Waals surface area (Å²) in [5.74, 6) is -2.23. The molecule has 1 saturated heterocycles. The molecule has 0 aliphatic carbocycles. The number of ether oxygens (including phenoxy) is 1. The van der Waals surface area contributed by atoms with Crippen molar-refractivity contribution in [3.05, 3.63) is 29.6 Å². The van der Waals surface area contributed by atoms with Crippen LogP contribution in [0.5, 0.6) is 0 Å². The maximum atomic E-state index is 11.9. The summed E-state index contributed by atoms with van der Waals surface area (Å²) in [6, 6.07) is 4.22. The molecular formula is C12H11N3O4. The molecule has 2 atom stereocenters. The second kappa shape index (κ2) is 5.46. The highest BCUT2D eigenvalue weighted by Crippen LogP contribution is 2.14. The Labute approximate surface area is 108 Å². The van der Waals surface area contributed by atoms with Gasteiger partial charge in [0, 0.05) is 6.20 Å². The molecule has 1 aliphatic heterocycles. The first-order valence-electron chi connectivity index (χ1n) is 5.59.